The maximum Gasteiger partial charge on any atom is 0.311 e. The third kappa shape index (κ3) is 1.66. The smallest absolute Gasteiger partial charge is 0.311 e. The van der Waals surface area contributed by atoms with Gasteiger partial charge in [0.2, 0.25) is 5.43 Å². The summed E-state index contributed by atoms with van der Waals surface area (Å²) in [5.74, 6) is 0.0489. The highest BCUT2D eigenvalue weighted by atomic mass is 16.6. The van der Waals surface area contributed by atoms with E-state index in [0.717, 1.165) is 6.07 Å². The van der Waals surface area contributed by atoms with Crippen LogP contribution in [0.15, 0.2) is 23.1 Å². The van der Waals surface area contributed by atoms with Crippen molar-refractivity contribution in [3.05, 3.63) is 44.2 Å². The van der Waals surface area contributed by atoms with Crippen molar-refractivity contribution in [2.24, 2.45) is 0 Å². The molecule has 1 heterocycles. The highest BCUT2D eigenvalue weighted by molar-refractivity contribution is 5.84. The minimum Gasteiger partial charge on any atom is -0.490 e. The molecule has 0 atom stereocenters. The number of nitro groups is 1. The van der Waals surface area contributed by atoms with Crippen LogP contribution in [0.2, 0.25) is 0 Å². The molecule has 2 aromatic rings. The second-order valence-electron chi connectivity index (χ2n) is 3.47. The van der Waals surface area contributed by atoms with Gasteiger partial charge in [0, 0.05) is 18.3 Å². The molecule has 0 aliphatic carbocycles. The third-order valence-electron chi connectivity index (χ3n) is 2.50. The van der Waals surface area contributed by atoms with Gasteiger partial charge in [-0.05, 0) is 0 Å². The quantitative estimate of drug-likeness (QED) is 0.633. The molecule has 0 spiro atoms. The largest absolute Gasteiger partial charge is 0.490 e. The summed E-state index contributed by atoms with van der Waals surface area (Å²) in [4.78, 5) is 24.8. The number of pyridine rings is 1. The maximum absolute atomic E-state index is 11.8. The fourth-order valence-corrected chi connectivity index (χ4v) is 1.63. The zero-order valence-electron chi connectivity index (χ0n) is 9.26. The first-order valence-corrected chi connectivity index (χ1v) is 4.86. The lowest BCUT2D eigenvalue weighted by Gasteiger charge is -2.04. The summed E-state index contributed by atoms with van der Waals surface area (Å²) >= 11 is 0. The van der Waals surface area contributed by atoms with Crippen molar-refractivity contribution in [2.75, 3.05) is 7.11 Å². The van der Waals surface area contributed by atoms with Crippen LogP contribution < -0.4 is 10.2 Å². The number of nitriles is 1. The zero-order chi connectivity index (χ0) is 13.3. The Balaban J connectivity index is 2.90. The number of H-pyrrole nitrogens is 1. The first-order valence-electron chi connectivity index (χ1n) is 4.86. The van der Waals surface area contributed by atoms with Gasteiger partial charge in [-0.2, -0.15) is 5.26 Å². The van der Waals surface area contributed by atoms with Crippen LogP contribution in [0.25, 0.3) is 10.9 Å². The van der Waals surface area contributed by atoms with E-state index in [0.29, 0.717) is 5.52 Å². The Morgan fingerprint density at radius 2 is 2.22 bits per heavy atom. The summed E-state index contributed by atoms with van der Waals surface area (Å²) in [6, 6.07) is 4.18. The van der Waals surface area contributed by atoms with Gasteiger partial charge < -0.3 is 9.72 Å². The van der Waals surface area contributed by atoms with E-state index >= 15 is 0 Å². The standard InChI is InChI=1S/C11H7N3O4/c1-18-10-3-8-7(2-9(10)14(16)17)11(15)6(4-12)5-13-8/h2-3,5H,1H3,(H,13,15). The molecule has 7 nitrogen and oxygen atoms in total. The molecule has 1 N–H and O–H groups in total. The van der Waals surface area contributed by atoms with E-state index in [2.05, 4.69) is 4.98 Å². The minimum absolute atomic E-state index is 0.0489. The van der Waals surface area contributed by atoms with Crippen molar-refractivity contribution in [3.8, 4) is 11.8 Å². The number of benzene rings is 1. The predicted octanol–water partition coefficient (Wildman–Crippen LogP) is 1.32. The molecular weight excluding hydrogens is 238 g/mol. The number of methoxy groups -OCH3 is 1. The molecular formula is C11H7N3O4. The Hall–Kier alpha value is -2.88. The van der Waals surface area contributed by atoms with E-state index in [9.17, 15) is 14.9 Å². The second kappa shape index (κ2) is 4.18. The molecule has 90 valence electrons. The predicted molar refractivity (Wildman–Crippen MR) is 62.5 cm³/mol. The van der Waals surface area contributed by atoms with E-state index < -0.39 is 10.4 Å². The first kappa shape index (κ1) is 11.6. The van der Waals surface area contributed by atoms with Gasteiger partial charge in [-0.3, -0.25) is 14.9 Å². The first-order chi connectivity index (χ1) is 8.58. The summed E-state index contributed by atoms with van der Waals surface area (Å²) in [6.45, 7) is 0. The Bertz CT molecular complexity index is 742. The Morgan fingerprint density at radius 1 is 1.50 bits per heavy atom. The number of rotatable bonds is 2. The van der Waals surface area contributed by atoms with Crippen molar-refractivity contribution >= 4 is 16.6 Å². The molecule has 7 heteroatoms. The van der Waals surface area contributed by atoms with Crippen molar-refractivity contribution in [3.63, 3.8) is 0 Å². The molecule has 0 aliphatic rings. The SMILES string of the molecule is COc1cc2[nH]cc(C#N)c(=O)c2cc1[N+](=O)[O-]. The number of hydrogen-bond donors (Lipinski definition) is 1. The summed E-state index contributed by atoms with van der Waals surface area (Å²) in [5, 5.41) is 19.7. The van der Waals surface area contributed by atoms with E-state index in [1.165, 1.54) is 19.4 Å². The normalized spacial score (nSPS) is 10.0. The van der Waals surface area contributed by atoms with E-state index in [-0.39, 0.29) is 22.4 Å². The molecule has 0 radical (unpaired) electrons. The lowest BCUT2D eigenvalue weighted by molar-refractivity contribution is -0.385. The van der Waals surface area contributed by atoms with Crippen molar-refractivity contribution in [2.45, 2.75) is 0 Å². The number of aromatic nitrogens is 1. The molecule has 2 rings (SSSR count). The number of ether oxygens (including phenoxy) is 1. The number of nitro benzene ring substituents is 1. The van der Waals surface area contributed by atoms with Gasteiger partial charge in [-0.15, -0.1) is 0 Å². The average molecular weight is 245 g/mol. The minimum atomic E-state index is -0.642. The maximum atomic E-state index is 11.8. The Kier molecular flexibility index (Phi) is 2.69. The van der Waals surface area contributed by atoms with Gasteiger partial charge in [0.25, 0.3) is 0 Å². The topological polar surface area (TPSA) is 109 Å². The molecule has 0 fully saturated rings. The van der Waals surface area contributed by atoms with Crippen LogP contribution in [-0.4, -0.2) is 17.0 Å². The van der Waals surface area contributed by atoms with Crippen LogP contribution in [0.5, 0.6) is 5.75 Å². The number of nitrogens with zero attached hydrogens (tertiary/aromatic N) is 2. The zero-order valence-corrected chi connectivity index (χ0v) is 9.26. The molecule has 0 saturated carbocycles. The molecule has 18 heavy (non-hydrogen) atoms. The van der Waals surface area contributed by atoms with Crippen LogP contribution in [0.4, 0.5) is 5.69 Å². The van der Waals surface area contributed by atoms with Crippen LogP contribution in [0.3, 0.4) is 0 Å². The van der Waals surface area contributed by atoms with Gasteiger partial charge in [-0.1, -0.05) is 0 Å². The molecule has 0 bridgehead atoms. The van der Waals surface area contributed by atoms with Crippen molar-refractivity contribution in [1.82, 2.24) is 4.98 Å². The Morgan fingerprint density at radius 3 is 2.78 bits per heavy atom. The second-order valence-corrected chi connectivity index (χ2v) is 3.47. The van der Waals surface area contributed by atoms with Gasteiger partial charge in [-0.25, -0.2) is 0 Å². The molecule has 1 aromatic heterocycles. The van der Waals surface area contributed by atoms with Crippen LogP contribution in [0, 0.1) is 21.4 Å². The molecule has 0 saturated heterocycles. The van der Waals surface area contributed by atoms with Crippen molar-refractivity contribution < 1.29 is 9.66 Å². The Labute approximate surface area is 100 Å². The average Bonchev–Trinajstić information content (AvgIpc) is 2.37. The highest BCUT2D eigenvalue weighted by Crippen LogP contribution is 2.29. The lowest BCUT2D eigenvalue weighted by Crippen LogP contribution is -2.08. The lowest BCUT2D eigenvalue weighted by atomic mass is 10.1. The summed E-state index contributed by atoms with van der Waals surface area (Å²) < 4.78 is 4.88. The van der Waals surface area contributed by atoms with Crippen LogP contribution in [0.1, 0.15) is 5.56 Å². The molecule has 0 amide bonds. The fourth-order valence-electron chi connectivity index (χ4n) is 1.63. The molecule has 0 unspecified atom stereocenters. The van der Waals surface area contributed by atoms with Crippen LogP contribution >= 0.6 is 0 Å². The molecule has 0 aliphatic heterocycles. The molecule has 1 aromatic carbocycles. The summed E-state index contributed by atoms with van der Waals surface area (Å²) in [7, 11) is 1.30. The number of aromatic amines is 1. The number of nitrogens with one attached hydrogen (secondary N) is 1. The van der Waals surface area contributed by atoms with Gasteiger partial charge in [0.1, 0.15) is 11.6 Å². The highest BCUT2D eigenvalue weighted by Gasteiger charge is 2.18. The third-order valence-corrected chi connectivity index (χ3v) is 2.50. The van der Waals surface area contributed by atoms with Gasteiger partial charge in [0.05, 0.1) is 22.9 Å². The van der Waals surface area contributed by atoms with Crippen LogP contribution in [-0.2, 0) is 0 Å². The number of fused-ring (bicyclic) bond motifs is 1. The summed E-state index contributed by atoms with van der Waals surface area (Å²) in [5.41, 5.74) is -0.578. The van der Waals surface area contributed by atoms with Gasteiger partial charge >= 0.3 is 5.69 Å². The van der Waals surface area contributed by atoms with E-state index in [4.69, 9.17) is 10.00 Å². The monoisotopic (exact) mass is 245 g/mol. The van der Waals surface area contributed by atoms with E-state index in [1.54, 1.807) is 6.07 Å². The van der Waals surface area contributed by atoms with Gasteiger partial charge in [0.15, 0.2) is 5.75 Å². The van der Waals surface area contributed by atoms with Crippen molar-refractivity contribution in [1.29, 1.82) is 5.26 Å². The summed E-state index contributed by atoms with van der Waals surface area (Å²) in [6.07, 6.45) is 1.26. The fraction of sp³-hybridized carbons (Fsp3) is 0.0909. The van der Waals surface area contributed by atoms with E-state index in [1.807, 2.05) is 0 Å². The number of hydrogen-bond acceptors (Lipinski definition) is 5.